The maximum atomic E-state index is 12.2. The van der Waals surface area contributed by atoms with Crippen LogP contribution >= 0.6 is 0 Å². The average molecular weight is 322 g/mol. The molecular weight excluding hydrogens is 300 g/mol. The highest BCUT2D eigenvalue weighted by Gasteiger charge is 2.38. The summed E-state index contributed by atoms with van der Waals surface area (Å²) in [5.74, 6) is 0.0106. The molecule has 0 bridgehead atoms. The number of rotatable bonds is 4. The molecular formula is C20H22N2O2. The molecule has 2 aromatic rings. The summed E-state index contributed by atoms with van der Waals surface area (Å²) in [6, 6.07) is 13.8. The van der Waals surface area contributed by atoms with Gasteiger partial charge in [-0.25, -0.2) is 0 Å². The molecule has 0 aliphatic carbocycles. The van der Waals surface area contributed by atoms with Crippen molar-refractivity contribution < 1.29 is 9.59 Å². The maximum Gasteiger partial charge on any atom is 0.234 e. The Morgan fingerprint density at radius 3 is 2.67 bits per heavy atom. The van der Waals surface area contributed by atoms with Crippen molar-refractivity contribution in [2.24, 2.45) is 0 Å². The molecule has 0 radical (unpaired) electrons. The summed E-state index contributed by atoms with van der Waals surface area (Å²) in [6.45, 7) is 6.29. The highest BCUT2D eigenvalue weighted by atomic mass is 16.2. The normalized spacial score (nSPS) is 14.9. The lowest BCUT2D eigenvalue weighted by atomic mass is 9.85. The Morgan fingerprint density at radius 1 is 1.17 bits per heavy atom. The summed E-state index contributed by atoms with van der Waals surface area (Å²) in [7, 11) is 0. The molecule has 2 amide bonds. The Morgan fingerprint density at radius 2 is 1.92 bits per heavy atom. The van der Waals surface area contributed by atoms with Gasteiger partial charge in [0.15, 0.2) is 0 Å². The van der Waals surface area contributed by atoms with Gasteiger partial charge in [0.25, 0.3) is 0 Å². The van der Waals surface area contributed by atoms with E-state index in [0.29, 0.717) is 13.0 Å². The molecule has 0 unspecified atom stereocenters. The minimum absolute atomic E-state index is 0.00161. The fraction of sp³-hybridized carbons (Fsp3) is 0.300. The second-order valence-corrected chi connectivity index (χ2v) is 6.84. The van der Waals surface area contributed by atoms with E-state index in [-0.39, 0.29) is 11.8 Å². The Labute approximate surface area is 142 Å². The van der Waals surface area contributed by atoms with Gasteiger partial charge in [-0.3, -0.25) is 9.59 Å². The van der Waals surface area contributed by atoms with Gasteiger partial charge in [0.2, 0.25) is 11.8 Å². The molecule has 4 heteroatoms. The van der Waals surface area contributed by atoms with E-state index >= 15 is 0 Å². The van der Waals surface area contributed by atoms with Crippen LogP contribution in [-0.4, -0.2) is 11.8 Å². The number of amides is 2. The number of carbonyl (C=O) groups is 2. The van der Waals surface area contributed by atoms with Crippen LogP contribution in [0.4, 0.5) is 5.69 Å². The quantitative estimate of drug-likeness (QED) is 0.909. The number of fused-ring (bicyclic) bond motifs is 1. The second kappa shape index (κ2) is 6.11. The molecule has 0 saturated heterocycles. The number of aryl methyl sites for hydroxylation is 1. The lowest BCUT2D eigenvalue weighted by Crippen LogP contribution is -2.27. The predicted molar refractivity (Wildman–Crippen MR) is 94.8 cm³/mol. The molecule has 1 aliphatic heterocycles. The van der Waals surface area contributed by atoms with Crippen LogP contribution in [0.2, 0.25) is 0 Å². The first-order valence-corrected chi connectivity index (χ1v) is 8.14. The zero-order chi connectivity index (χ0) is 17.3. The van der Waals surface area contributed by atoms with E-state index in [1.165, 1.54) is 0 Å². The van der Waals surface area contributed by atoms with Gasteiger partial charge in [0, 0.05) is 12.2 Å². The van der Waals surface area contributed by atoms with Crippen molar-refractivity contribution in [2.75, 3.05) is 5.32 Å². The van der Waals surface area contributed by atoms with E-state index in [2.05, 4.69) is 10.6 Å². The molecule has 3 rings (SSSR count). The number of hydrogen-bond donors (Lipinski definition) is 2. The van der Waals surface area contributed by atoms with Gasteiger partial charge in [0.05, 0.1) is 11.8 Å². The summed E-state index contributed by atoms with van der Waals surface area (Å²) in [5, 5.41) is 5.85. The van der Waals surface area contributed by atoms with Crippen LogP contribution < -0.4 is 10.6 Å². The van der Waals surface area contributed by atoms with Crippen LogP contribution in [0.25, 0.3) is 0 Å². The summed E-state index contributed by atoms with van der Waals surface area (Å²) in [6.07, 6.45) is 0.378. The van der Waals surface area contributed by atoms with Gasteiger partial charge in [0.1, 0.15) is 0 Å². The summed E-state index contributed by atoms with van der Waals surface area (Å²) in [5.41, 5.74) is 4.47. The molecule has 0 fully saturated rings. The number of carbonyl (C=O) groups excluding carboxylic acids is 2. The third-order valence-corrected chi connectivity index (χ3v) is 4.68. The van der Waals surface area contributed by atoms with Gasteiger partial charge >= 0.3 is 0 Å². The van der Waals surface area contributed by atoms with Crippen LogP contribution in [0.1, 0.15) is 36.1 Å². The minimum Gasteiger partial charge on any atom is -0.352 e. The standard InChI is InChI=1S/C20H22N2O2/c1-13-6-4-5-7-15(13)11-18(23)21-12-14-8-9-17-16(10-14)20(2,3)19(24)22-17/h4-10H,11-12H2,1-3H3,(H,21,23)(H,22,24). The SMILES string of the molecule is Cc1ccccc1CC(=O)NCc1ccc2c(c1)C(C)(C)C(=O)N2. The van der Waals surface area contributed by atoms with Gasteiger partial charge in [-0.2, -0.15) is 0 Å². The predicted octanol–water partition coefficient (Wildman–Crippen LogP) is 3.08. The highest BCUT2D eigenvalue weighted by molar-refractivity contribution is 6.05. The lowest BCUT2D eigenvalue weighted by Gasteiger charge is -2.16. The summed E-state index contributed by atoms with van der Waals surface area (Å²) in [4.78, 5) is 24.2. The van der Waals surface area contributed by atoms with Crippen LogP contribution in [0.15, 0.2) is 42.5 Å². The van der Waals surface area contributed by atoms with E-state index in [9.17, 15) is 9.59 Å². The third-order valence-electron chi connectivity index (χ3n) is 4.68. The number of hydrogen-bond acceptors (Lipinski definition) is 2. The van der Waals surface area contributed by atoms with E-state index in [4.69, 9.17) is 0 Å². The third kappa shape index (κ3) is 3.04. The monoisotopic (exact) mass is 322 g/mol. The summed E-state index contributed by atoms with van der Waals surface area (Å²) >= 11 is 0. The first-order valence-electron chi connectivity index (χ1n) is 8.14. The number of anilines is 1. The zero-order valence-electron chi connectivity index (χ0n) is 14.3. The van der Waals surface area contributed by atoms with Crippen LogP contribution in [0.3, 0.4) is 0 Å². The van der Waals surface area contributed by atoms with Gasteiger partial charge in [-0.05, 0) is 49.1 Å². The Bertz CT molecular complexity index is 809. The van der Waals surface area contributed by atoms with Crippen molar-refractivity contribution in [3.8, 4) is 0 Å². The van der Waals surface area contributed by atoms with Crippen molar-refractivity contribution in [3.05, 3.63) is 64.7 Å². The first kappa shape index (κ1) is 16.2. The fourth-order valence-corrected chi connectivity index (χ4v) is 2.97. The van der Waals surface area contributed by atoms with Crippen molar-refractivity contribution in [1.29, 1.82) is 0 Å². The van der Waals surface area contributed by atoms with Crippen LogP contribution in [0.5, 0.6) is 0 Å². The molecule has 0 aromatic heterocycles. The Hall–Kier alpha value is -2.62. The number of nitrogens with one attached hydrogen (secondary N) is 2. The molecule has 1 heterocycles. The van der Waals surface area contributed by atoms with E-state index in [1.54, 1.807) is 0 Å². The molecule has 2 aromatic carbocycles. The molecule has 1 aliphatic rings. The van der Waals surface area contributed by atoms with Crippen molar-refractivity contribution in [3.63, 3.8) is 0 Å². The zero-order valence-corrected chi connectivity index (χ0v) is 14.3. The fourth-order valence-electron chi connectivity index (χ4n) is 2.97. The maximum absolute atomic E-state index is 12.2. The first-order chi connectivity index (χ1) is 11.4. The van der Waals surface area contributed by atoms with E-state index < -0.39 is 5.41 Å². The van der Waals surface area contributed by atoms with Gasteiger partial charge in [-0.15, -0.1) is 0 Å². The smallest absolute Gasteiger partial charge is 0.234 e. The van der Waals surface area contributed by atoms with Crippen molar-refractivity contribution in [1.82, 2.24) is 5.32 Å². The average Bonchev–Trinajstić information content (AvgIpc) is 2.77. The molecule has 124 valence electrons. The summed E-state index contributed by atoms with van der Waals surface area (Å²) < 4.78 is 0. The molecule has 0 atom stereocenters. The lowest BCUT2D eigenvalue weighted by molar-refractivity contribution is -0.121. The van der Waals surface area contributed by atoms with Crippen LogP contribution in [0, 0.1) is 6.92 Å². The molecule has 4 nitrogen and oxygen atoms in total. The van der Waals surface area contributed by atoms with E-state index in [0.717, 1.165) is 27.9 Å². The topological polar surface area (TPSA) is 58.2 Å². The highest BCUT2D eigenvalue weighted by Crippen LogP contribution is 2.37. The molecule has 24 heavy (non-hydrogen) atoms. The molecule has 0 spiro atoms. The van der Waals surface area contributed by atoms with Crippen molar-refractivity contribution >= 4 is 17.5 Å². The number of benzene rings is 2. The van der Waals surface area contributed by atoms with Crippen molar-refractivity contribution in [2.45, 2.75) is 39.2 Å². The molecule has 0 saturated carbocycles. The van der Waals surface area contributed by atoms with Gasteiger partial charge in [-0.1, -0.05) is 36.4 Å². The Kier molecular flexibility index (Phi) is 4.14. The minimum atomic E-state index is -0.531. The largest absolute Gasteiger partial charge is 0.352 e. The molecule has 2 N–H and O–H groups in total. The van der Waals surface area contributed by atoms with Gasteiger partial charge < -0.3 is 10.6 Å². The van der Waals surface area contributed by atoms with E-state index in [1.807, 2.05) is 63.2 Å². The Balaban J connectivity index is 1.66. The van der Waals surface area contributed by atoms with Crippen LogP contribution in [-0.2, 0) is 28.0 Å². The second-order valence-electron chi connectivity index (χ2n) is 6.84.